The molecule has 0 fully saturated rings. The first-order valence-electron chi connectivity index (χ1n) is 9.71. The van der Waals surface area contributed by atoms with Crippen LogP contribution in [0.5, 0.6) is 5.75 Å². The summed E-state index contributed by atoms with van der Waals surface area (Å²) < 4.78 is 31.8. The van der Waals surface area contributed by atoms with E-state index in [1.54, 1.807) is 82.3 Å². The zero-order valence-electron chi connectivity index (χ0n) is 18.6. The zero-order valence-corrected chi connectivity index (χ0v) is 19.5. The fourth-order valence-corrected chi connectivity index (χ4v) is 4.56. The van der Waals surface area contributed by atoms with Gasteiger partial charge >= 0.3 is 7.82 Å². The van der Waals surface area contributed by atoms with Gasteiger partial charge in [0.05, 0.1) is 0 Å². The first-order valence-corrected chi connectivity index (χ1v) is 11.2. The number of hydrogen-bond donors (Lipinski definition) is 0. The molecule has 0 N–H and O–H groups in total. The molecule has 0 aliphatic carbocycles. The Morgan fingerprint density at radius 3 is 1.87 bits per heavy atom. The van der Waals surface area contributed by atoms with Crippen LogP contribution in [0.25, 0.3) is 0 Å². The maximum absolute atomic E-state index is 13.9. The van der Waals surface area contributed by atoms with Crippen LogP contribution in [0, 0.1) is 0 Å². The van der Waals surface area contributed by atoms with Crippen LogP contribution >= 0.6 is 7.82 Å². The van der Waals surface area contributed by atoms with Gasteiger partial charge in [-0.15, -0.1) is 0 Å². The van der Waals surface area contributed by atoms with Crippen molar-refractivity contribution < 1.29 is 18.1 Å². The lowest BCUT2D eigenvalue weighted by Gasteiger charge is -2.35. The number of rotatable bonds is 12. The molecule has 0 amide bonds. The van der Waals surface area contributed by atoms with Crippen molar-refractivity contribution in [3.8, 4) is 5.75 Å². The van der Waals surface area contributed by atoms with Crippen LogP contribution in [0.2, 0.25) is 0 Å². The van der Waals surface area contributed by atoms with Gasteiger partial charge < -0.3 is 4.52 Å². The van der Waals surface area contributed by atoms with Crippen molar-refractivity contribution in [3.63, 3.8) is 0 Å². The highest BCUT2D eigenvalue weighted by Gasteiger charge is 2.43. The van der Waals surface area contributed by atoms with Crippen LogP contribution in [0.15, 0.2) is 104 Å². The van der Waals surface area contributed by atoms with Crippen molar-refractivity contribution in [2.45, 2.75) is 45.8 Å². The molecule has 30 heavy (non-hydrogen) atoms. The van der Waals surface area contributed by atoms with Crippen LogP contribution < -0.4 is 4.52 Å². The molecule has 0 saturated carbocycles. The summed E-state index contributed by atoms with van der Waals surface area (Å²) in [7, 11) is -4.11. The predicted molar refractivity (Wildman–Crippen MR) is 127 cm³/mol. The van der Waals surface area contributed by atoms with Crippen LogP contribution in [0.4, 0.5) is 0 Å². The topological polar surface area (TPSA) is 44.8 Å². The van der Waals surface area contributed by atoms with Gasteiger partial charge in [-0.2, -0.15) is 0 Å². The van der Waals surface area contributed by atoms with Gasteiger partial charge in [-0.1, -0.05) is 80.5 Å². The van der Waals surface area contributed by atoms with E-state index in [1.807, 2.05) is 25.1 Å². The van der Waals surface area contributed by atoms with E-state index < -0.39 is 19.0 Å². The Bertz CT molecular complexity index is 874. The van der Waals surface area contributed by atoms with E-state index in [4.69, 9.17) is 13.6 Å². The minimum atomic E-state index is -4.11. The Hall–Kier alpha value is -2.39. The summed E-state index contributed by atoms with van der Waals surface area (Å²) in [6.45, 7) is 20.3. The lowest BCUT2D eigenvalue weighted by molar-refractivity contribution is 0.0385. The van der Waals surface area contributed by atoms with Crippen LogP contribution in [-0.4, -0.2) is 11.2 Å². The van der Waals surface area contributed by atoms with E-state index in [1.165, 1.54) is 0 Å². The van der Waals surface area contributed by atoms with Crippen molar-refractivity contribution >= 4 is 7.82 Å². The molecule has 1 rings (SSSR count). The number of hydrogen-bond acceptors (Lipinski definition) is 4. The number of para-hydroxylation sites is 1. The standard InChI is InChI=1S/C25H33O4P/c1-9-16-21(12-4)24(5,6)28-30(26,27-23-19-14-13-15-20-23)29-25(7,8)22(17-10-2)18-11-3/h9-20H,1-2,4H2,3,5-8H3/b18-11-,21-16+,22-17+. The summed E-state index contributed by atoms with van der Waals surface area (Å²) in [6.07, 6.45) is 12.2. The van der Waals surface area contributed by atoms with E-state index in [0.29, 0.717) is 11.3 Å². The third-order valence-electron chi connectivity index (χ3n) is 4.19. The SMILES string of the molecule is C=C/C=C(\C=C)C(C)(C)OP(=O)(Oc1ccccc1)OC(C)(C)C(/C=C\C)=C/C=C. The van der Waals surface area contributed by atoms with Gasteiger partial charge in [0.15, 0.2) is 0 Å². The molecule has 1 unspecified atom stereocenters. The maximum atomic E-state index is 13.9. The molecule has 1 aromatic carbocycles. The molecule has 1 atom stereocenters. The summed E-state index contributed by atoms with van der Waals surface area (Å²) in [4.78, 5) is 0. The van der Waals surface area contributed by atoms with Crippen molar-refractivity contribution in [2.75, 3.05) is 0 Å². The van der Waals surface area contributed by atoms with E-state index in [-0.39, 0.29) is 0 Å². The van der Waals surface area contributed by atoms with Gasteiger partial charge in [-0.25, -0.2) is 4.57 Å². The highest BCUT2D eigenvalue weighted by atomic mass is 31.2. The maximum Gasteiger partial charge on any atom is 0.531 e. The first-order chi connectivity index (χ1) is 14.0. The van der Waals surface area contributed by atoms with Crippen molar-refractivity contribution in [2.24, 2.45) is 0 Å². The van der Waals surface area contributed by atoms with Crippen molar-refractivity contribution in [3.05, 3.63) is 104 Å². The van der Waals surface area contributed by atoms with Gasteiger partial charge in [-0.3, -0.25) is 9.05 Å². The normalized spacial score (nSPS) is 15.5. The van der Waals surface area contributed by atoms with E-state index in [2.05, 4.69) is 19.7 Å². The van der Waals surface area contributed by atoms with Gasteiger partial charge in [0.2, 0.25) is 0 Å². The molecule has 0 aromatic heterocycles. The second-order valence-corrected chi connectivity index (χ2v) is 8.92. The highest BCUT2D eigenvalue weighted by molar-refractivity contribution is 7.49. The van der Waals surface area contributed by atoms with Crippen molar-refractivity contribution in [1.82, 2.24) is 0 Å². The Morgan fingerprint density at radius 1 is 0.900 bits per heavy atom. The van der Waals surface area contributed by atoms with Gasteiger partial charge in [-0.05, 0) is 57.9 Å². The van der Waals surface area contributed by atoms with E-state index in [0.717, 1.165) is 5.57 Å². The highest BCUT2D eigenvalue weighted by Crippen LogP contribution is 2.57. The molecular weight excluding hydrogens is 395 g/mol. The molecule has 0 heterocycles. The molecule has 0 radical (unpaired) electrons. The first kappa shape index (κ1) is 25.6. The molecule has 0 spiro atoms. The number of benzene rings is 1. The minimum absolute atomic E-state index is 0.376. The van der Waals surface area contributed by atoms with E-state index in [9.17, 15) is 4.57 Å². The largest absolute Gasteiger partial charge is 0.531 e. The average Bonchev–Trinajstić information content (AvgIpc) is 2.65. The van der Waals surface area contributed by atoms with Crippen LogP contribution in [-0.2, 0) is 13.6 Å². The molecule has 0 aliphatic rings. The second kappa shape index (κ2) is 11.1. The summed E-state index contributed by atoms with van der Waals surface area (Å²) in [5, 5.41) is 0. The Balaban J connectivity index is 3.43. The van der Waals surface area contributed by atoms with Crippen LogP contribution in [0.3, 0.4) is 0 Å². The fraction of sp³-hybridized carbons (Fsp3) is 0.280. The lowest BCUT2D eigenvalue weighted by atomic mass is 9.97. The monoisotopic (exact) mass is 428 g/mol. The molecule has 0 bridgehead atoms. The molecule has 0 saturated heterocycles. The third kappa shape index (κ3) is 7.46. The molecular formula is C25H33O4P. The molecule has 1 aromatic rings. The number of phosphoric acid groups is 1. The van der Waals surface area contributed by atoms with Gasteiger partial charge in [0.1, 0.15) is 17.0 Å². The van der Waals surface area contributed by atoms with Gasteiger partial charge in [0.25, 0.3) is 0 Å². The average molecular weight is 429 g/mol. The minimum Gasteiger partial charge on any atom is -0.404 e. The van der Waals surface area contributed by atoms with E-state index >= 15 is 0 Å². The van der Waals surface area contributed by atoms with Crippen LogP contribution in [0.1, 0.15) is 34.6 Å². The Labute approximate surface area is 181 Å². The number of allylic oxidation sites excluding steroid dienone is 5. The zero-order chi connectivity index (χ0) is 22.8. The number of phosphoric ester groups is 1. The smallest absolute Gasteiger partial charge is 0.404 e. The van der Waals surface area contributed by atoms with Gasteiger partial charge in [0, 0.05) is 0 Å². The summed E-state index contributed by atoms with van der Waals surface area (Å²) in [5.74, 6) is 0.376. The molecule has 162 valence electrons. The Morgan fingerprint density at radius 2 is 1.40 bits per heavy atom. The molecule has 5 heteroatoms. The summed E-state index contributed by atoms with van der Waals surface area (Å²) in [6, 6.07) is 8.80. The Kier molecular flexibility index (Phi) is 9.51. The third-order valence-corrected chi connectivity index (χ3v) is 5.99. The molecule has 0 aliphatic heterocycles. The second-order valence-electron chi connectivity index (χ2n) is 7.47. The lowest BCUT2D eigenvalue weighted by Crippen LogP contribution is -2.31. The van der Waals surface area contributed by atoms with Crippen molar-refractivity contribution in [1.29, 1.82) is 0 Å². The molecule has 4 nitrogen and oxygen atoms in total. The summed E-state index contributed by atoms with van der Waals surface area (Å²) in [5.41, 5.74) is -0.549. The quantitative estimate of drug-likeness (QED) is 0.252. The summed E-state index contributed by atoms with van der Waals surface area (Å²) >= 11 is 0. The fourth-order valence-electron chi connectivity index (χ4n) is 2.74. The predicted octanol–water partition coefficient (Wildman–Crippen LogP) is 7.75.